The van der Waals surface area contributed by atoms with Crippen LogP contribution in [0.1, 0.15) is 39.5 Å². The molecule has 2 rings (SSSR count). The maximum Gasteiger partial charge on any atom is 0.223 e. The highest BCUT2D eigenvalue weighted by Crippen LogP contribution is 2.37. The Labute approximate surface area is 108 Å². The topological polar surface area (TPSA) is 41.1 Å². The molecule has 2 aliphatic heterocycles. The largest absolute Gasteiger partial charge is 0.354 e. The maximum absolute atomic E-state index is 12.1. The van der Waals surface area contributed by atoms with Gasteiger partial charge in [-0.1, -0.05) is 0 Å². The van der Waals surface area contributed by atoms with Crippen LogP contribution in [0.4, 0.5) is 0 Å². The molecule has 17 heavy (non-hydrogen) atoms. The number of nitrogens with one attached hydrogen (secondary N) is 2. The van der Waals surface area contributed by atoms with Crippen molar-refractivity contribution in [3.05, 3.63) is 0 Å². The number of rotatable bonds is 3. The molecule has 0 saturated carbocycles. The van der Waals surface area contributed by atoms with Gasteiger partial charge in [-0.05, 0) is 51.8 Å². The predicted octanol–water partition coefficient (Wildman–Crippen LogP) is 1.78. The van der Waals surface area contributed by atoms with Crippen molar-refractivity contribution in [3.63, 3.8) is 0 Å². The number of thioether (sulfide) groups is 1. The lowest BCUT2D eigenvalue weighted by atomic mass is 9.92. The second-order valence-electron chi connectivity index (χ2n) is 5.70. The molecule has 98 valence electrons. The first-order chi connectivity index (χ1) is 8.09. The lowest BCUT2D eigenvalue weighted by Crippen LogP contribution is -2.45. The van der Waals surface area contributed by atoms with E-state index in [1.807, 2.05) is 11.8 Å². The van der Waals surface area contributed by atoms with Crippen LogP contribution in [0, 0.1) is 5.92 Å². The molecule has 3 atom stereocenters. The first-order valence-corrected chi connectivity index (χ1v) is 7.73. The monoisotopic (exact) mass is 256 g/mol. The number of hydrogen-bond donors (Lipinski definition) is 2. The van der Waals surface area contributed by atoms with Crippen LogP contribution >= 0.6 is 11.8 Å². The number of amides is 1. The van der Waals surface area contributed by atoms with Crippen molar-refractivity contribution in [2.45, 2.75) is 50.3 Å². The molecule has 1 amide bonds. The van der Waals surface area contributed by atoms with Crippen LogP contribution in [-0.4, -0.2) is 35.5 Å². The van der Waals surface area contributed by atoms with Crippen molar-refractivity contribution in [1.29, 1.82) is 0 Å². The van der Waals surface area contributed by atoms with E-state index in [1.54, 1.807) is 0 Å². The highest BCUT2D eigenvalue weighted by molar-refractivity contribution is 8.00. The van der Waals surface area contributed by atoms with Crippen molar-refractivity contribution in [2.75, 3.05) is 18.8 Å². The number of carbonyl (C=O) groups excluding carboxylic acids is 1. The van der Waals surface area contributed by atoms with E-state index >= 15 is 0 Å². The molecular weight excluding hydrogens is 232 g/mol. The van der Waals surface area contributed by atoms with E-state index in [0.29, 0.717) is 6.04 Å². The fourth-order valence-corrected chi connectivity index (χ4v) is 4.01. The average molecular weight is 256 g/mol. The molecule has 2 aliphatic rings. The molecule has 0 aromatic heterocycles. The normalized spacial score (nSPS) is 38.0. The summed E-state index contributed by atoms with van der Waals surface area (Å²) in [5, 5.41) is 6.56. The fraction of sp³-hybridized carbons (Fsp3) is 0.923. The quantitative estimate of drug-likeness (QED) is 0.809. The Morgan fingerprint density at radius 1 is 1.59 bits per heavy atom. The fourth-order valence-electron chi connectivity index (χ4n) is 2.76. The van der Waals surface area contributed by atoms with E-state index in [4.69, 9.17) is 0 Å². The summed E-state index contributed by atoms with van der Waals surface area (Å²) in [4.78, 5) is 12.1. The summed E-state index contributed by atoms with van der Waals surface area (Å²) in [6, 6.07) is 0.482. The summed E-state index contributed by atoms with van der Waals surface area (Å²) < 4.78 is 0.286. The van der Waals surface area contributed by atoms with Gasteiger partial charge in [0.05, 0.1) is 0 Å². The first kappa shape index (κ1) is 13.2. The van der Waals surface area contributed by atoms with Crippen LogP contribution in [0.5, 0.6) is 0 Å². The van der Waals surface area contributed by atoms with Gasteiger partial charge >= 0.3 is 0 Å². The van der Waals surface area contributed by atoms with E-state index in [-0.39, 0.29) is 16.6 Å². The Kier molecular flexibility index (Phi) is 4.36. The molecular formula is C13H24N2OS. The van der Waals surface area contributed by atoms with Crippen molar-refractivity contribution < 1.29 is 4.79 Å². The van der Waals surface area contributed by atoms with E-state index in [1.165, 1.54) is 18.6 Å². The van der Waals surface area contributed by atoms with Gasteiger partial charge in [0.15, 0.2) is 0 Å². The third-order valence-electron chi connectivity index (χ3n) is 3.93. The van der Waals surface area contributed by atoms with E-state index in [0.717, 1.165) is 25.9 Å². The molecule has 0 aromatic rings. The van der Waals surface area contributed by atoms with Crippen molar-refractivity contribution in [3.8, 4) is 0 Å². The Morgan fingerprint density at radius 2 is 2.41 bits per heavy atom. The molecule has 2 fully saturated rings. The second kappa shape index (κ2) is 5.61. The van der Waals surface area contributed by atoms with Gasteiger partial charge in [0.2, 0.25) is 5.91 Å². The molecule has 3 unspecified atom stereocenters. The predicted molar refractivity (Wildman–Crippen MR) is 73.3 cm³/mol. The number of hydrogen-bond acceptors (Lipinski definition) is 3. The summed E-state index contributed by atoms with van der Waals surface area (Å²) in [5.74, 6) is 1.74. The molecule has 0 bridgehead atoms. The number of piperidine rings is 1. The van der Waals surface area contributed by atoms with Gasteiger partial charge in [-0.3, -0.25) is 4.79 Å². The van der Waals surface area contributed by atoms with Crippen LogP contribution in [0.2, 0.25) is 0 Å². The molecule has 4 heteroatoms. The van der Waals surface area contributed by atoms with Crippen molar-refractivity contribution >= 4 is 17.7 Å². The Hall–Kier alpha value is -0.220. The molecule has 2 saturated heterocycles. The van der Waals surface area contributed by atoms with Gasteiger partial charge in [0, 0.05) is 23.3 Å². The molecule has 0 aromatic carbocycles. The van der Waals surface area contributed by atoms with Crippen molar-refractivity contribution in [2.24, 2.45) is 5.92 Å². The minimum atomic E-state index is 0.223. The van der Waals surface area contributed by atoms with Crippen LogP contribution in [-0.2, 0) is 4.79 Å². The SMILES string of the molecule is CC1CC(C(=O)NCC2(C)CCCS2)CCN1. The van der Waals surface area contributed by atoms with Gasteiger partial charge in [0.1, 0.15) is 0 Å². The molecule has 2 heterocycles. The van der Waals surface area contributed by atoms with Gasteiger partial charge in [-0.2, -0.15) is 11.8 Å². The molecule has 0 radical (unpaired) electrons. The van der Waals surface area contributed by atoms with Gasteiger partial charge < -0.3 is 10.6 Å². The first-order valence-electron chi connectivity index (χ1n) is 6.74. The Bertz CT molecular complexity index is 277. The Morgan fingerprint density at radius 3 is 3.06 bits per heavy atom. The van der Waals surface area contributed by atoms with E-state index in [2.05, 4.69) is 24.5 Å². The van der Waals surface area contributed by atoms with Crippen LogP contribution in [0.3, 0.4) is 0 Å². The lowest BCUT2D eigenvalue weighted by Gasteiger charge is -2.29. The molecule has 0 spiro atoms. The lowest BCUT2D eigenvalue weighted by molar-refractivity contribution is -0.126. The zero-order chi connectivity index (χ0) is 12.3. The molecule has 0 aliphatic carbocycles. The van der Waals surface area contributed by atoms with E-state index in [9.17, 15) is 4.79 Å². The standard InChI is InChI=1S/C13H24N2OS/c1-10-8-11(4-6-14-10)12(16)15-9-13(2)5-3-7-17-13/h10-11,14H,3-9H2,1-2H3,(H,15,16). The van der Waals surface area contributed by atoms with Gasteiger partial charge in [-0.25, -0.2) is 0 Å². The zero-order valence-electron chi connectivity index (χ0n) is 10.9. The minimum absolute atomic E-state index is 0.223. The third kappa shape index (κ3) is 3.62. The smallest absolute Gasteiger partial charge is 0.223 e. The van der Waals surface area contributed by atoms with Crippen LogP contribution in [0.15, 0.2) is 0 Å². The highest BCUT2D eigenvalue weighted by Gasteiger charge is 2.31. The summed E-state index contributed by atoms with van der Waals surface area (Å²) in [6.45, 7) is 6.25. The van der Waals surface area contributed by atoms with Gasteiger partial charge in [-0.15, -0.1) is 0 Å². The second-order valence-corrected chi connectivity index (χ2v) is 7.38. The maximum atomic E-state index is 12.1. The highest BCUT2D eigenvalue weighted by atomic mass is 32.2. The van der Waals surface area contributed by atoms with Crippen molar-refractivity contribution in [1.82, 2.24) is 10.6 Å². The minimum Gasteiger partial charge on any atom is -0.354 e. The van der Waals surface area contributed by atoms with Crippen LogP contribution < -0.4 is 10.6 Å². The zero-order valence-corrected chi connectivity index (χ0v) is 11.7. The summed E-state index contributed by atoms with van der Waals surface area (Å²) in [5.41, 5.74) is 0. The Balaban J connectivity index is 1.76. The number of carbonyl (C=O) groups is 1. The average Bonchev–Trinajstić information content (AvgIpc) is 2.74. The molecule has 2 N–H and O–H groups in total. The van der Waals surface area contributed by atoms with Gasteiger partial charge in [0.25, 0.3) is 0 Å². The summed E-state index contributed by atoms with van der Waals surface area (Å²) >= 11 is 2.01. The summed E-state index contributed by atoms with van der Waals surface area (Å²) in [6.07, 6.45) is 4.50. The molecule has 3 nitrogen and oxygen atoms in total. The third-order valence-corrected chi connectivity index (χ3v) is 5.47. The van der Waals surface area contributed by atoms with E-state index < -0.39 is 0 Å². The van der Waals surface area contributed by atoms with Crippen LogP contribution in [0.25, 0.3) is 0 Å². The summed E-state index contributed by atoms with van der Waals surface area (Å²) in [7, 11) is 0.